The van der Waals surface area contributed by atoms with Crippen LogP contribution in [0, 0.1) is 12.8 Å². The van der Waals surface area contributed by atoms with E-state index in [-0.39, 0.29) is 18.3 Å². The Hall–Kier alpha value is -1.26. The summed E-state index contributed by atoms with van der Waals surface area (Å²) in [6.07, 6.45) is 0.965. The molecule has 2 aromatic rings. The second kappa shape index (κ2) is 5.39. The van der Waals surface area contributed by atoms with E-state index >= 15 is 0 Å². The molecule has 0 N–H and O–H groups in total. The molecule has 3 rings (SSSR count). The highest BCUT2D eigenvalue weighted by molar-refractivity contribution is 6.62. The first kappa shape index (κ1) is 16.6. The highest BCUT2D eigenvalue weighted by Gasteiger charge is 2.51. The monoisotopic (exact) mass is 314 g/mol. The number of hydrogen-bond acceptors (Lipinski definition) is 3. The van der Waals surface area contributed by atoms with Gasteiger partial charge in [0.2, 0.25) is 0 Å². The second-order valence-corrected chi connectivity index (χ2v) is 8.09. The summed E-state index contributed by atoms with van der Waals surface area (Å²) in [6, 6.07) is 6.24. The molecule has 0 unspecified atom stereocenters. The maximum Gasteiger partial charge on any atom is 0.494 e. The summed E-state index contributed by atoms with van der Waals surface area (Å²) in [5, 5.41) is 1.16. The Kier molecular flexibility index (Phi) is 3.89. The van der Waals surface area contributed by atoms with E-state index in [1.54, 1.807) is 0 Å². The standard InChI is InChI=1S/C19H27BO3/c1-12(2)10-17-13(3)15-11-14(8-9-16(15)21-17)20-22-18(4,5)19(6,7)23-20/h8-9,11-12H,10H2,1-7H3. The van der Waals surface area contributed by atoms with Crippen LogP contribution in [-0.2, 0) is 15.7 Å². The molecule has 0 aliphatic carbocycles. The molecule has 4 heteroatoms. The van der Waals surface area contributed by atoms with Gasteiger partial charge in [0.05, 0.1) is 11.2 Å². The molecule has 1 aromatic carbocycles. The van der Waals surface area contributed by atoms with Crippen molar-refractivity contribution in [2.75, 3.05) is 0 Å². The summed E-state index contributed by atoms with van der Waals surface area (Å²) < 4.78 is 18.3. The second-order valence-electron chi connectivity index (χ2n) is 8.09. The molecular weight excluding hydrogens is 287 g/mol. The molecule has 124 valence electrons. The summed E-state index contributed by atoms with van der Waals surface area (Å²) in [5.74, 6) is 1.66. The number of rotatable bonds is 3. The van der Waals surface area contributed by atoms with E-state index in [1.165, 1.54) is 5.56 Å². The summed E-state index contributed by atoms with van der Waals surface area (Å²) in [5.41, 5.74) is 2.59. The molecule has 1 aliphatic rings. The van der Waals surface area contributed by atoms with Gasteiger partial charge < -0.3 is 13.7 Å². The van der Waals surface area contributed by atoms with Gasteiger partial charge in [0.15, 0.2) is 0 Å². The third kappa shape index (κ3) is 2.83. The number of aryl methyl sites for hydroxylation is 1. The van der Waals surface area contributed by atoms with E-state index in [2.05, 4.69) is 54.5 Å². The normalized spacial score (nSPS) is 19.9. The summed E-state index contributed by atoms with van der Waals surface area (Å²) >= 11 is 0. The summed E-state index contributed by atoms with van der Waals surface area (Å²) in [6.45, 7) is 14.9. The van der Waals surface area contributed by atoms with Crippen molar-refractivity contribution >= 4 is 23.6 Å². The summed E-state index contributed by atoms with van der Waals surface area (Å²) in [7, 11) is -0.327. The molecule has 0 saturated carbocycles. The molecule has 2 heterocycles. The Morgan fingerprint density at radius 3 is 2.22 bits per heavy atom. The van der Waals surface area contributed by atoms with E-state index in [1.807, 2.05) is 12.1 Å². The topological polar surface area (TPSA) is 31.6 Å². The molecule has 1 saturated heterocycles. The zero-order valence-corrected chi connectivity index (χ0v) is 15.3. The fraction of sp³-hybridized carbons (Fsp3) is 0.579. The van der Waals surface area contributed by atoms with E-state index in [0.29, 0.717) is 5.92 Å². The van der Waals surface area contributed by atoms with Crippen LogP contribution < -0.4 is 5.46 Å². The largest absolute Gasteiger partial charge is 0.494 e. The van der Waals surface area contributed by atoms with Gasteiger partial charge in [0, 0.05) is 11.8 Å². The number of benzene rings is 1. The predicted molar refractivity (Wildman–Crippen MR) is 95.2 cm³/mol. The Morgan fingerprint density at radius 1 is 1.04 bits per heavy atom. The first-order chi connectivity index (χ1) is 10.6. The Bertz CT molecular complexity index is 712. The minimum Gasteiger partial charge on any atom is -0.461 e. The SMILES string of the molecule is Cc1c(CC(C)C)oc2ccc(B3OC(C)(C)C(C)(C)O3)cc12. The van der Waals surface area contributed by atoms with Crippen LogP contribution in [0.3, 0.4) is 0 Å². The van der Waals surface area contributed by atoms with Crippen LogP contribution in [0.15, 0.2) is 22.6 Å². The van der Waals surface area contributed by atoms with Gasteiger partial charge in [-0.05, 0) is 57.6 Å². The van der Waals surface area contributed by atoms with Gasteiger partial charge in [0.1, 0.15) is 11.3 Å². The van der Waals surface area contributed by atoms with Gasteiger partial charge in [-0.2, -0.15) is 0 Å². The van der Waals surface area contributed by atoms with E-state index in [4.69, 9.17) is 13.7 Å². The van der Waals surface area contributed by atoms with Crippen molar-refractivity contribution in [2.24, 2.45) is 5.92 Å². The highest BCUT2D eigenvalue weighted by Crippen LogP contribution is 2.37. The van der Waals surface area contributed by atoms with Gasteiger partial charge in [-0.25, -0.2) is 0 Å². The van der Waals surface area contributed by atoms with E-state index < -0.39 is 0 Å². The molecule has 0 atom stereocenters. The average Bonchev–Trinajstić information content (AvgIpc) is 2.84. The van der Waals surface area contributed by atoms with Crippen molar-refractivity contribution in [3.63, 3.8) is 0 Å². The molecule has 23 heavy (non-hydrogen) atoms. The van der Waals surface area contributed by atoms with Crippen LogP contribution in [0.4, 0.5) is 0 Å². The zero-order chi connectivity index (χ0) is 17.0. The maximum atomic E-state index is 6.16. The molecule has 1 aromatic heterocycles. The Labute approximate surface area is 139 Å². The van der Waals surface area contributed by atoms with Crippen molar-refractivity contribution in [1.29, 1.82) is 0 Å². The lowest BCUT2D eigenvalue weighted by atomic mass is 9.78. The van der Waals surface area contributed by atoms with E-state index in [9.17, 15) is 0 Å². The smallest absolute Gasteiger partial charge is 0.461 e. The van der Waals surface area contributed by atoms with Gasteiger partial charge in [-0.1, -0.05) is 26.0 Å². The maximum absolute atomic E-state index is 6.16. The lowest BCUT2D eigenvalue weighted by Gasteiger charge is -2.32. The third-order valence-corrected chi connectivity index (χ3v) is 5.18. The zero-order valence-electron chi connectivity index (χ0n) is 15.3. The fourth-order valence-corrected chi connectivity index (χ4v) is 2.98. The highest BCUT2D eigenvalue weighted by atomic mass is 16.7. The van der Waals surface area contributed by atoms with Gasteiger partial charge in [-0.3, -0.25) is 0 Å². The third-order valence-electron chi connectivity index (χ3n) is 5.18. The molecular formula is C19H27BO3. The lowest BCUT2D eigenvalue weighted by Crippen LogP contribution is -2.41. The van der Waals surface area contributed by atoms with Crippen molar-refractivity contribution in [1.82, 2.24) is 0 Å². The number of furan rings is 1. The number of fused-ring (bicyclic) bond motifs is 1. The van der Waals surface area contributed by atoms with Crippen LogP contribution in [0.25, 0.3) is 11.0 Å². The van der Waals surface area contributed by atoms with E-state index in [0.717, 1.165) is 28.6 Å². The Morgan fingerprint density at radius 2 is 1.65 bits per heavy atom. The molecule has 3 nitrogen and oxygen atoms in total. The fourth-order valence-electron chi connectivity index (χ4n) is 2.98. The van der Waals surface area contributed by atoms with Crippen LogP contribution in [0.5, 0.6) is 0 Å². The van der Waals surface area contributed by atoms with Crippen molar-refractivity contribution in [3.05, 3.63) is 29.5 Å². The quantitative estimate of drug-likeness (QED) is 0.794. The van der Waals surface area contributed by atoms with Gasteiger partial charge in [0.25, 0.3) is 0 Å². The predicted octanol–water partition coefficient (Wildman–Crippen LogP) is 4.24. The first-order valence-electron chi connectivity index (χ1n) is 8.48. The lowest BCUT2D eigenvalue weighted by molar-refractivity contribution is 0.00578. The molecule has 0 bridgehead atoms. The number of hydrogen-bond donors (Lipinski definition) is 0. The minimum atomic E-state index is -0.327. The molecule has 0 spiro atoms. The molecule has 0 amide bonds. The molecule has 0 radical (unpaired) electrons. The summed E-state index contributed by atoms with van der Waals surface area (Å²) in [4.78, 5) is 0. The minimum absolute atomic E-state index is 0.319. The van der Waals surface area contributed by atoms with Crippen LogP contribution >= 0.6 is 0 Å². The van der Waals surface area contributed by atoms with Gasteiger partial charge in [-0.15, -0.1) is 0 Å². The van der Waals surface area contributed by atoms with Crippen LogP contribution in [0.1, 0.15) is 52.9 Å². The van der Waals surface area contributed by atoms with Gasteiger partial charge >= 0.3 is 7.12 Å². The van der Waals surface area contributed by atoms with Crippen LogP contribution in [0.2, 0.25) is 0 Å². The van der Waals surface area contributed by atoms with Crippen molar-refractivity contribution < 1.29 is 13.7 Å². The molecule has 1 fully saturated rings. The van der Waals surface area contributed by atoms with Crippen molar-refractivity contribution in [3.8, 4) is 0 Å². The first-order valence-corrected chi connectivity index (χ1v) is 8.48. The van der Waals surface area contributed by atoms with Crippen molar-refractivity contribution in [2.45, 2.75) is 66.1 Å². The molecule has 1 aliphatic heterocycles. The van der Waals surface area contributed by atoms with Crippen LogP contribution in [-0.4, -0.2) is 18.3 Å². The average molecular weight is 314 g/mol. The Balaban J connectivity index is 1.96.